The van der Waals surface area contributed by atoms with E-state index >= 15 is 0 Å². The summed E-state index contributed by atoms with van der Waals surface area (Å²) in [6.45, 7) is 2.40. The van der Waals surface area contributed by atoms with Gasteiger partial charge in [0, 0.05) is 12.0 Å². The van der Waals surface area contributed by atoms with Crippen LogP contribution in [0.25, 0.3) is 0 Å². The van der Waals surface area contributed by atoms with Gasteiger partial charge >= 0.3 is 0 Å². The fraction of sp³-hybridized carbons (Fsp3) is 0.833. The standard InChI is InChI=1S/C12H18N2O/c1-9-8-11(9)12(15)14(7-6-13)10-4-2-3-5-10/h9-11H,2-5,7-8H2,1H3. The van der Waals surface area contributed by atoms with Crippen LogP contribution in [0.3, 0.4) is 0 Å². The van der Waals surface area contributed by atoms with Gasteiger partial charge in [0.15, 0.2) is 0 Å². The van der Waals surface area contributed by atoms with E-state index in [0.717, 1.165) is 19.3 Å². The van der Waals surface area contributed by atoms with Gasteiger partial charge in [-0.15, -0.1) is 0 Å². The zero-order valence-corrected chi connectivity index (χ0v) is 9.28. The van der Waals surface area contributed by atoms with E-state index in [1.165, 1.54) is 12.8 Å². The second kappa shape index (κ2) is 4.22. The van der Waals surface area contributed by atoms with Gasteiger partial charge in [0.2, 0.25) is 5.91 Å². The molecule has 0 aromatic carbocycles. The Morgan fingerprint density at radius 2 is 2.07 bits per heavy atom. The fourth-order valence-corrected chi connectivity index (χ4v) is 2.56. The van der Waals surface area contributed by atoms with Gasteiger partial charge in [-0.2, -0.15) is 5.26 Å². The van der Waals surface area contributed by atoms with E-state index in [1.54, 1.807) is 0 Å². The highest BCUT2D eigenvalue weighted by molar-refractivity contribution is 5.82. The van der Waals surface area contributed by atoms with Crippen LogP contribution in [0.15, 0.2) is 0 Å². The van der Waals surface area contributed by atoms with Crippen LogP contribution in [0.1, 0.15) is 39.0 Å². The molecule has 2 aliphatic carbocycles. The molecule has 0 heterocycles. The van der Waals surface area contributed by atoms with Gasteiger partial charge in [-0.3, -0.25) is 4.79 Å². The molecule has 0 aliphatic heterocycles. The smallest absolute Gasteiger partial charge is 0.227 e. The summed E-state index contributed by atoms with van der Waals surface area (Å²) in [5, 5.41) is 8.77. The molecule has 3 nitrogen and oxygen atoms in total. The first-order valence-electron chi connectivity index (χ1n) is 5.91. The number of carbonyl (C=O) groups is 1. The number of amides is 1. The van der Waals surface area contributed by atoms with Crippen LogP contribution in [-0.2, 0) is 4.79 Å². The SMILES string of the molecule is CC1CC1C(=O)N(CC#N)C1CCCC1. The van der Waals surface area contributed by atoms with E-state index in [0.29, 0.717) is 12.0 Å². The van der Waals surface area contributed by atoms with E-state index < -0.39 is 0 Å². The van der Waals surface area contributed by atoms with Crippen LogP contribution < -0.4 is 0 Å². The monoisotopic (exact) mass is 206 g/mol. The Balaban J connectivity index is 1.98. The minimum absolute atomic E-state index is 0.221. The Morgan fingerprint density at radius 1 is 1.47 bits per heavy atom. The molecule has 2 unspecified atom stereocenters. The van der Waals surface area contributed by atoms with Crippen LogP contribution in [0, 0.1) is 23.2 Å². The van der Waals surface area contributed by atoms with Crippen LogP contribution in [0.2, 0.25) is 0 Å². The van der Waals surface area contributed by atoms with Crippen molar-refractivity contribution in [2.24, 2.45) is 11.8 Å². The summed E-state index contributed by atoms with van der Waals surface area (Å²) in [5.41, 5.74) is 0. The molecule has 82 valence electrons. The molecule has 2 atom stereocenters. The molecule has 2 saturated carbocycles. The van der Waals surface area contributed by atoms with Crippen molar-refractivity contribution in [3.63, 3.8) is 0 Å². The molecular formula is C12H18N2O. The lowest BCUT2D eigenvalue weighted by molar-refractivity contribution is -0.134. The second-order valence-electron chi connectivity index (χ2n) is 4.88. The van der Waals surface area contributed by atoms with E-state index in [-0.39, 0.29) is 18.4 Å². The summed E-state index contributed by atoms with van der Waals surface area (Å²) in [6.07, 6.45) is 5.62. The first kappa shape index (κ1) is 10.5. The molecule has 15 heavy (non-hydrogen) atoms. The minimum Gasteiger partial charge on any atom is -0.326 e. The minimum atomic E-state index is 0.221. The quantitative estimate of drug-likeness (QED) is 0.662. The summed E-state index contributed by atoms with van der Waals surface area (Å²) in [5.74, 6) is 0.995. The summed E-state index contributed by atoms with van der Waals surface area (Å²) in [6, 6.07) is 2.48. The highest BCUT2D eigenvalue weighted by Crippen LogP contribution is 2.40. The third kappa shape index (κ3) is 2.14. The number of nitrogens with zero attached hydrogens (tertiary/aromatic N) is 2. The Bertz CT molecular complexity index is 288. The first-order chi connectivity index (χ1) is 7.24. The van der Waals surface area contributed by atoms with Crippen LogP contribution in [0.4, 0.5) is 0 Å². The van der Waals surface area contributed by atoms with E-state index in [1.807, 2.05) is 4.90 Å². The molecular weight excluding hydrogens is 188 g/mol. The molecule has 1 amide bonds. The van der Waals surface area contributed by atoms with Crippen molar-refractivity contribution in [2.45, 2.75) is 45.1 Å². The molecule has 0 aromatic heterocycles. The zero-order chi connectivity index (χ0) is 10.8. The van der Waals surface area contributed by atoms with Crippen LogP contribution in [-0.4, -0.2) is 23.4 Å². The third-order valence-corrected chi connectivity index (χ3v) is 3.72. The summed E-state index contributed by atoms with van der Waals surface area (Å²) in [4.78, 5) is 13.9. The molecule has 2 fully saturated rings. The summed E-state index contributed by atoms with van der Waals surface area (Å²) in [7, 11) is 0. The molecule has 0 N–H and O–H groups in total. The fourth-order valence-electron chi connectivity index (χ4n) is 2.56. The second-order valence-corrected chi connectivity index (χ2v) is 4.88. The topological polar surface area (TPSA) is 44.1 Å². The Morgan fingerprint density at radius 3 is 2.53 bits per heavy atom. The van der Waals surface area contributed by atoms with Crippen molar-refractivity contribution in [3.8, 4) is 6.07 Å². The van der Waals surface area contributed by atoms with Gasteiger partial charge in [-0.05, 0) is 25.2 Å². The summed E-state index contributed by atoms with van der Waals surface area (Å²) >= 11 is 0. The van der Waals surface area contributed by atoms with Crippen molar-refractivity contribution < 1.29 is 4.79 Å². The van der Waals surface area contributed by atoms with Crippen LogP contribution >= 0.6 is 0 Å². The van der Waals surface area contributed by atoms with Crippen molar-refractivity contribution in [3.05, 3.63) is 0 Å². The lowest BCUT2D eigenvalue weighted by Gasteiger charge is -2.26. The highest BCUT2D eigenvalue weighted by atomic mass is 16.2. The van der Waals surface area contributed by atoms with Gasteiger partial charge in [0.25, 0.3) is 0 Å². The Hall–Kier alpha value is -1.04. The van der Waals surface area contributed by atoms with Gasteiger partial charge < -0.3 is 4.90 Å². The van der Waals surface area contributed by atoms with E-state index in [4.69, 9.17) is 5.26 Å². The Kier molecular flexibility index (Phi) is 2.95. The van der Waals surface area contributed by atoms with Gasteiger partial charge in [0.05, 0.1) is 6.07 Å². The lowest BCUT2D eigenvalue weighted by Crippen LogP contribution is -2.40. The van der Waals surface area contributed by atoms with Crippen molar-refractivity contribution >= 4 is 5.91 Å². The van der Waals surface area contributed by atoms with Gasteiger partial charge in [0.1, 0.15) is 6.54 Å². The largest absolute Gasteiger partial charge is 0.326 e. The van der Waals surface area contributed by atoms with Crippen molar-refractivity contribution in [1.29, 1.82) is 5.26 Å². The number of carbonyl (C=O) groups excluding carboxylic acids is 1. The van der Waals surface area contributed by atoms with Crippen molar-refractivity contribution in [2.75, 3.05) is 6.54 Å². The number of rotatable bonds is 3. The highest BCUT2D eigenvalue weighted by Gasteiger charge is 2.43. The molecule has 2 aliphatic rings. The Labute approximate surface area is 91.1 Å². The normalized spacial score (nSPS) is 29.9. The van der Waals surface area contributed by atoms with E-state index in [2.05, 4.69) is 13.0 Å². The average Bonchev–Trinajstić information content (AvgIpc) is 2.76. The molecule has 3 heteroatoms. The summed E-state index contributed by atoms with van der Waals surface area (Å²) < 4.78 is 0. The maximum absolute atomic E-state index is 12.1. The van der Waals surface area contributed by atoms with E-state index in [9.17, 15) is 4.79 Å². The number of hydrogen-bond acceptors (Lipinski definition) is 2. The molecule has 0 bridgehead atoms. The lowest BCUT2D eigenvalue weighted by atomic mass is 10.2. The molecule has 0 saturated heterocycles. The van der Waals surface area contributed by atoms with Gasteiger partial charge in [-0.1, -0.05) is 19.8 Å². The number of nitriles is 1. The van der Waals surface area contributed by atoms with Crippen LogP contribution in [0.5, 0.6) is 0 Å². The molecule has 0 aromatic rings. The third-order valence-electron chi connectivity index (χ3n) is 3.72. The first-order valence-corrected chi connectivity index (χ1v) is 5.91. The predicted octanol–water partition coefficient (Wildman–Crippen LogP) is 1.94. The molecule has 0 radical (unpaired) electrons. The van der Waals surface area contributed by atoms with Gasteiger partial charge in [-0.25, -0.2) is 0 Å². The molecule has 2 rings (SSSR count). The predicted molar refractivity (Wildman–Crippen MR) is 56.9 cm³/mol. The maximum atomic E-state index is 12.1. The zero-order valence-electron chi connectivity index (χ0n) is 9.28. The van der Waals surface area contributed by atoms with Crippen molar-refractivity contribution in [1.82, 2.24) is 4.90 Å². The molecule has 0 spiro atoms. The number of hydrogen-bond donors (Lipinski definition) is 0. The maximum Gasteiger partial charge on any atom is 0.227 e. The average molecular weight is 206 g/mol.